The number of hydrogen-bond acceptors (Lipinski definition) is 6. The first-order chi connectivity index (χ1) is 10.1. The highest BCUT2D eigenvalue weighted by Gasteiger charge is 2.21. The van der Waals surface area contributed by atoms with Crippen LogP contribution in [-0.4, -0.2) is 35.3 Å². The summed E-state index contributed by atoms with van der Waals surface area (Å²) in [5.41, 5.74) is 0.585. The minimum atomic E-state index is -0.429. The first-order valence-corrected chi connectivity index (χ1v) is 6.88. The van der Waals surface area contributed by atoms with E-state index in [4.69, 9.17) is 25.8 Å². The average molecular weight is 309 g/mol. The molecule has 1 unspecified atom stereocenters. The highest BCUT2D eigenvalue weighted by Crippen LogP contribution is 2.35. The van der Waals surface area contributed by atoms with Crippen LogP contribution in [0.4, 0.5) is 0 Å². The molecule has 1 aromatic carbocycles. The standard InChI is InChI=1S/C14H13ClN2O4/c1-8(18)20-13-5-11-10(14(15)17-7-16-11)4-12(13)21-9-2-3-19-6-9/h4-5,7,9H,2-3,6H2,1H3. The van der Waals surface area contributed by atoms with Gasteiger partial charge in [0.05, 0.1) is 18.7 Å². The van der Waals surface area contributed by atoms with Gasteiger partial charge in [-0.3, -0.25) is 4.79 Å². The summed E-state index contributed by atoms with van der Waals surface area (Å²) < 4.78 is 16.3. The summed E-state index contributed by atoms with van der Waals surface area (Å²) in [5, 5.41) is 0.964. The molecule has 6 nitrogen and oxygen atoms in total. The largest absolute Gasteiger partial charge is 0.484 e. The van der Waals surface area contributed by atoms with Crippen LogP contribution in [-0.2, 0) is 9.53 Å². The molecule has 0 spiro atoms. The molecule has 110 valence electrons. The second kappa shape index (κ2) is 5.83. The van der Waals surface area contributed by atoms with E-state index in [0.717, 1.165) is 6.42 Å². The van der Waals surface area contributed by atoms with Crippen LogP contribution in [0, 0.1) is 0 Å². The number of hydrogen-bond donors (Lipinski definition) is 0. The van der Waals surface area contributed by atoms with Crippen molar-refractivity contribution in [2.24, 2.45) is 0 Å². The zero-order valence-corrected chi connectivity index (χ0v) is 12.1. The van der Waals surface area contributed by atoms with Crippen molar-refractivity contribution in [2.75, 3.05) is 13.2 Å². The second-order valence-corrected chi connectivity index (χ2v) is 5.04. The van der Waals surface area contributed by atoms with Crippen molar-refractivity contribution in [3.05, 3.63) is 23.6 Å². The number of fused-ring (bicyclic) bond motifs is 1. The van der Waals surface area contributed by atoms with Gasteiger partial charge in [-0.05, 0) is 6.07 Å². The number of aromatic nitrogens is 2. The molecule has 1 saturated heterocycles. The lowest BCUT2D eigenvalue weighted by molar-refractivity contribution is -0.132. The van der Waals surface area contributed by atoms with E-state index in [9.17, 15) is 4.79 Å². The van der Waals surface area contributed by atoms with Crippen molar-refractivity contribution in [2.45, 2.75) is 19.4 Å². The van der Waals surface area contributed by atoms with Crippen molar-refractivity contribution < 1.29 is 19.0 Å². The third-order valence-electron chi connectivity index (χ3n) is 3.09. The molecule has 2 aromatic rings. The maximum absolute atomic E-state index is 11.2. The van der Waals surface area contributed by atoms with Crippen LogP contribution in [0.15, 0.2) is 18.5 Å². The van der Waals surface area contributed by atoms with Gasteiger partial charge in [0.1, 0.15) is 17.6 Å². The number of carbonyl (C=O) groups excluding carboxylic acids is 1. The van der Waals surface area contributed by atoms with Crippen LogP contribution in [0.3, 0.4) is 0 Å². The molecule has 21 heavy (non-hydrogen) atoms. The average Bonchev–Trinajstić information content (AvgIpc) is 2.93. The molecule has 1 aromatic heterocycles. The molecule has 1 atom stereocenters. The molecular weight excluding hydrogens is 296 g/mol. The molecule has 0 bridgehead atoms. The van der Waals surface area contributed by atoms with E-state index in [-0.39, 0.29) is 6.10 Å². The van der Waals surface area contributed by atoms with Crippen molar-refractivity contribution in [3.8, 4) is 11.5 Å². The zero-order valence-electron chi connectivity index (χ0n) is 11.3. The summed E-state index contributed by atoms with van der Waals surface area (Å²) in [5.74, 6) is 0.323. The highest BCUT2D eigenvalue weighted by molar-refractivity contribution is 6.34. The summed E-state index contributed by atoms with van der Waals surface area (Å²) in [6.45, 7) is 2.50. The first kappa shape index (κ1) is 14.0. The Hall–Kier alpha value is -1.92. The summed E-state index contributed by atoms with van der Waals surface area (Å²) in [6, 6.07) is 3.31. The smallest absolute Gasteiger partial charge is 0.308 e. The molecule has 3 rings (SSSR count). The fourth-order valence-electron chi connectivity index (χ4n) is 2.14. The zero-order chi connectivity index (χ0) is 14.8. The Morgan fingerprint density at radius 2 is 2.24 bits per heavy atom. The monoisotopic (exact) mass is 308 g/mol. The van der Waals surface area contributed by atoms with Gasteiger partial charge >= 0.3 is 5.97 Å². The summed E-state index contributed by atoms with van der Waals surface area (Å²) in [6.07, 6.45) is 2.07. The lowest BCUT2D eigenvalue weighted by Gasteiger charge is -2.16. The Morgan fingerprint density at radius 1 is 1.38 bits per heavy atom. The van der Waals surface area contributed by atoms with Gasteiger partial charge in [0, 0.05) is 24.8 Å². The molecule has 2 heterocycles. The lowest BCUT2D eigenvalue weighted by Crippen LogP contribution is -2.16. The number of esters is 1. The molecule has 0 saturated carbocycles. The normalized spacial score (nSPS) is 17.9. The number of ether oxygens (including phenoxy) is 3. The van der Waals surface area contributed by atoms with E-state index >= 15 is 0 Å². The van der Waals surface area contributed by atoms with E-state index in [1.807, 2.05) is 0 Å². The molecule has 0 aliphatic carbocycles. The van der Waals surface area contributed by atoms with Gasteiger partial charge < -0.3 is 14.2 Å². The summed E-state index contributed by atoms with van der Waals surface area (Å²) >= 11 is 6.06. The summed E-state index contributed by atoms with van der Waals surface area (Å²) in [4.78, 5) is 19.3. The van der Waals surface area contributed by atoms with E-state index in [1.54, 1.807) is 12.1 Å². The van der Waals surface area contributed by atoms with Gasteiger partial charge in [-0.1, -0.05) is 11.6 Å². The van der Waals surface area contributed by atoms with Crippen LogP contribution in [0.2, 0.25) is 5.15 Å². The fourth-order valence-corrected chi connectivity index (χ4v) is 2.34. The quantitative estimate of drug-likeness (QED) is 0.492. The molecule has 0 N–H and O–H groups in total. The molecule has 0 amide bonds. The van der Waals surface area contributed by atoms with Crippen molar-refractivity contribution >= 4 is 28.5 Å². The molecule has 1 fully saturated rings. The number of nitrogens with zero attached hydrogens (tertiary/aromatic N) is 2. The van der Waals surface area contributed by atoms with E-state index in [1.165, 1.54) is 13.3 Å². The maximum Gasteiger partial charge on any atom is 0.308 e. The van der Waals surface area contributed by atoms with Gasteiger partial charge in [0.2, 0.25) is 0 Å². The molecule has 7 heteroatoms. The van der Waals surface area contributed by atoms with Crippen molar-refractivity contribution in [1.82, 2.24) is 9.97 Å². The minimum Gasteiger partial charge on any atom is -0.484 e. The Kier molecular flexibility index (Phi) is 3.90. The number of halogens is 1. The number of carbonyl (C=O) groups is 1. The van der Waals surface area contributed by atoms with E-state index in [2.05, 4.69) is 9.97 Å². The van der Waals surface area contributed by atoms with Crippen LogP contribution >= 0.6 is 11.6 Å². The van der Waals surface area contributed by atoms with Gasteiger partial charge in [-0.2, -0.15) is 0 Å². The second-order valence-electron chi connectivity index (χ2n) is 4.68. The van der Waals surface area contributed by atoms with Crippen LogP contribution in [0.1, 0.15) is 13.3 Å². The number of benzene rings is 1. The molecular formula is C14H13ClN2O4. The van der Waals surface area contributed by atoms with E-state index < -0.39 is 5.97 Å². The third kappa shape index (κ3) is 3.06. The maximum atomic E-state index is 11.2. The molecule has 1 aliphatic rings. The van der Waals surface area contributed by atoms with Crippen molar-refractivity contribution in [1.29, 1.82) is 0 Å². The third-order valence-corrected chi connectivity index (χ3v) is 3.39. The predicted octanol–water partition coefficient (Wildman–Crippen LogP) is 2.38. The Morgan fingerprint density at radius 3 is 2.95 bits per heavy atom. The Bertz CT molecular complexity index is 686. The summed E-state index contributed by atoms with van der Waals surface area (Å²) in [7, 11) is 0. The Labute approximate surface area is 126 Å². The Balaban J connectivity index is 2.04. The molecule has 1 aliphatic heterocycles. The van der Waals surface area contributed by atoms with Crippen LogP contribution in [0.5, 0.6) is 11.5 Å². The van der Waals surface area contributed by atoms with Gasteiger partial charge in [0.15, 0.2) is 11.5 Å². The highest BCUT2D eigenvalue weighted by atomic mass is 35.5. The van der Waals surface area contributed by atoms with E-state index in [0.29, 0.717) is 40.8 Å². The topological polar surface area (TPSA) is 70.5 Å². The van der Waals surface area contributed by atoms with Gasteiger partial charge in [-0.25, -0.2) is 9.97 Å². The molecule has 0 radical (unpaired) electrons. The van der Waals surface area contributed by atoms with Crippen molar-refractivity contribution in [3.63, 3.8) is 0 Å². The van der Waals surface area contributed by atoms with Crippen LogP contribution < -0.4 is 9.47 Å². The van der Waals surface area contributed by atoms with Crippen LogP contribution in [0.25, 0.3) is 10.9 Å². The minimum absolute atomic E-state index is 0.0693. The predicted molar refractivity (Wildman–Crippen MR) is 75.7 cm³/mol. The first-order valence-electron chi connectivity index (χ1n) is 6.50. The fraction of sp³-hybridized carbons (Fsp3) is 0.357. The lowest BCUT2D eigenvalue weighted by atomic mass is 10.2. The number of rotatable bonds is 3. The SMILES string of the molecule is CC(=O)Oc1cc2ncnc(Cl)c2cc1OC1CCOC1. The van der Waals surface area contributed by atoms with Gasteiger partial charge in [-0.15, -0.1) is 0 Å². The van der Waals surface area contributed by atoms with Gasteiger partial charge in [0.25, 0.3) is 0 Å².